The van der Waals surface area contributed by atoms with E-state index in [2.05, 4.69) is 34.3 Å². The Morgan fingerprint density at radius 2 is 1.84 bits per heavy atom. The van der Waals surface area contributed by atoms with Crippen LogP contribution in [0, 0.1) is 17.3 Å². The molecule has 1 aromatic heterocycles. The van der Waals surface area contributed by atoms with Crippen LogP contribution in [0.2, 0.25) is 5.02 Å². The SMILES string of the molecule is O=C(O)C12CC3CC(C1)CC(n1ncc(N4CCC(c5ccccc5)C4)c(Cl)c1=O)(C3)C2. The van der Waals surface area contributed by atoms with Crippen LogP contribution in [0.3, 0.4) is 0 Å². The number of hydrogen-bond acceptors (Lipinski definition) is 4. The maximum Gasteiger partial charge on any atom is 0.309 e. The number of aromatic nitrogens is 2. The average molecular weight is 454 g/mol. The summed E-state index contributed by atoms with van der Waals surface area (Å²) in [6.45, 7) is 1.65. The van der Waals surface area contributed by atoms with Crippen molar-refractivity contribution in [2.45, 2.75) is 56.4 Å². The van der Waals surface area contributed by atoms with Crippen LogP contribution in [0.4, 0.5) is 5.69 Å². The molecule has 3 unspecified atom stereocenters. The Labute approximate surface area is 192 Å². The van der Waals surface area contributed by atoms with Crippen molar-refractivity contribution in [1.29, 1.82) is 0 Å². The first-order valence-corrected chi connectivity index (χ1v) is 12.1. The summed E-state index contributed by atoms with van der Waals surface area (Å²) in [6, 6.07) is 10.4. The van der Waals surface area contributed by atoms with Crippen LogP contribution in [-0.4, -0.2) is 33.9 Å². The van der Waals surface area contributed by atoms with Gasteiger partial charge in [-0.3, -0.25) is 9.59 Å². The molecule has 0 spiro atoms. The Morgan fingerprint density at radius 3 is 2.53 bits per heavy atom. The van der Waals surface area contributed by atoms with Gasteiger partial charge >= 0.3 is 5.97 Å². The van der Waals surface area contributed by atoms with Gasteiger partial charge in [0.25, 0.3) is 5.56 Å². The molecule has 32 heavy (non-hydrogen) atoms. The van der Waals surface area contributed by atoms with Crippen LogP contribution >= 0.6 is 11.6 Å². The lowest BCUT2D eigenvalue weighted by Gasteiger charge is -2.60. The zero-order valence-electron chi connectivity index (χ0n) is 18.0. The lowest BCUT2D eigenvalue weighted by atomic mass is 9.47. The summed E-state index contributed by atoms with van der Waals surface area (Å²) >= 11 is 6.68. The van der Waals surface area contributed by atoms with Crippen molar-refractivity contribution in [1.82, 2.24) is 9.78 Å². The van der Waals surface area contributed by atoms with E-state index in [9.17, 15) is 14.7 Å². The molecule has 1 aliphatic heterocycles. The fourth-order valence-corrected chi connectivity index (χ4v) is 7.92. The molecule has 6 nitrogen and oxygen atoms in total. The van der Waals surface area contributed by atoms with E-state index in [0.717, 1.165) is 51.6 Å². The number of carboxylic acids is 1. The second-order valence-electron chi connectivity index (χ2n) is 10.7. The third-order valence-corrected chi connectivity index (χ3v) is 8.99. The predicted molar refractivity (Wildman–Crippen MR) is 122 cm³/mol. The molecule has 7 heteroatoms. The van der Waals surface area contributed by atoms with Gasteiger partial charge in [-0.15, -0.1) is 0 Å². The summed E-state index contributed by atoms with van der Waals surface area (Å²) < 4.78 is 1.57. The second kappa shape index (κ2) is 7.08. The zero-order chi connectivity index (χ0) is 22.1. The minimum atomic E-state index is -0.714. The summed E-state index contributed by atoms with van der Waals surface area (Å²) in [5.74, 6) is 0.401. The molecule has 4 bridgehead atoms. The number of nitrogens with zero attached hydrogens (tertiary/aromatic N) is 3. The fraction of sp³-hybridized carbons (Fsp3) is 0.560. The fourth-order valence-electron chi connectivity index (χ4n) is 7.67. The molecule has 4 aliphatic carbocycles. The van der Waals surface area contributed by atoms with Gasteiger partial charge in [0.05, 0.1) is 22.8 Å². The first-order chi connectivity index (χ1) is 15.4. The Balaban J connectivity index is 1.32. The molecule has 5 aliphatic rings. The van der Waals surface area contributed by atoms with Crippen molar-refractivity contribution in [2.75, 3.05) is 18.0 Å². The van der Waals surface area contributed by atoms with E-state index in [-0.39, 0.29) is 10.6 Å². The highest BCUT2D eigenvalue weighted by atomic mass is 35.5. The van der Waals surface area contributed by atoms with Gasteiger partial charge in [0, 0.05) is 19.0 Å². The topological polar surface area (TPSA) is 75.4 Å². The molecule has 1 aromatic carbocycles. The van der Waals surface area contributed by atoms with Crippen LogP contribution in [0.25, 0.3) is 0 Å². The molecule has 7 rings (SSSR count). The molecular weight excluding hydrogens is 426 g/mol. The number of anilines is 1. The van der Waals surface area contributed by atoms with Crippen molar-refractivity contribution < 1.29 is 9.90 Å². The molecule has 1 saturated heterocycles. The van der Waals surface area contributed by atoms with Gasteiger partial charge in [-0.1, -0.05) is 41.9 Å². The number of hydrogen-bond donors (Lipinski definition) is 1. The van der Waals surface area contributed by atoms with Gasteiger partial charge in [0.15, 0.2) is 0 Å². The highest BCUT2D eigenvalue weighted by Crippen LogP contribution is 2.64. The zero-order valence-corrected chi connectivity index (χ0v) is 18.8. The Kier molecular flexibility index (Phi) is 4.49. The van der Waals surface area contributed by atoms with Gasteiger partial charge < -0.3 is 10.0 Å². The average Bonchev–Trinajstić information content (AvgIpc) is 3.25. The number of aliphatic carboxylic acids is 1. The minimum absolute atomic E-state index is 0.217. The normalized spacial score (nSPS) is 35.4. The lowest BCUT2D eigenvalue weighted by Crippen LogP contribution is -2.61. The molecular formula is C25H28ClN3O3. The van der Waals surface area contributed by atoms with Crippen LogP contribution in [-0.2, 0) is 10.3 Å². The number of carboxylic acid groups (broad SMARTS) is 1. The number of rotatable bonds is 4. The third kappa shape index (κ3) is 2.95. The molecule has 168 valence electrons. The van der Waals surface area contributed by atoms with E-state index < -0.39 is 16.9 Å². The maximum absolute atomic E-state index is 13.5. The van der Waals surface area contributed by atoms with E-state index >= 15 is 0 Å². The number of carbonyl (C=O) groups is 1. The molecule has 1 N–H and O–H groups in total. The van der Waals surface area contributed by atoms with Gasteiger partial charge in [0.1, 0.15) is 5.02 Å². The van der Waals surface area contributed by atoms with Gasteiger partial charge in [0.2, 0.25) is 0 Å². The molecule has 4 saturated carbocycles. The summed E-state index contributed by atoms with van der Waals surface area (Å²) in [5, 5.41) is 14.9. The highest BCUT2D eigenvalue weighted by Gasteiger charge is 2.62. The van der Waals surface area contributed by atoms with Crippen molar-refractivity contribution in [3.63, 3.8) is 0 Å². The Morgan fingerprint density at radius 1 is 1.12 bits per heavy atom. The highest BCUT2D eigenvalue weighted by molar-refractivity contribution is 6.33. The van der Waals surface area contributed by atoms with Crippen LogP contribution in [0.15, 0.2) is 41.3 Å². The molecule has 0 radical (unpaired) electrons. The molecule has 2 aromatic rings. The van der Waals surface area contributed by atoms with E-state index in [1.807, 2.05) is 6.07 Å². The second-order valence-corrected chi connectivity index (χ2v) is 11.1. The van der Waals surface area contributed by atoms with E-state index in [4.69, 9.17) is 11.6 Å². The third-order valence-electron chi connectivity index (χ3n) is 8.63. The first kappa shape index (κ1) is 20.3. The molecule has 2 heterocycles. The van der Waals surface area contributed by atoms with Crippen LogP contribution in [0.1, 0.15) is 56.4 Å². The van der Waals surface area contributed by atoms with Gasteiger partial charge in [-0.25, -0.2) is 4.68 Å². The molecule has 0 amide bonds. The molecule has 5 fully saturated rings. The van der Waals surface area contributed by atoms with E-state index in [1.165, 1.54) is 5.56 Å². The largest absolute Gasteiger partial charge is 0.481 e. The maximum atomic E-state index is 13.5. The van der Waals surface area contributed by atoms with Crippen molar-refractivity contribution >= 4 is 23.3 Å². The number of benzene rings is 1. The Bertz CT molecular complexity index is 1120. The predicted octanol–water partition coefficient (Wildman–Crippen LogP) is 4.27. The van der Waals surface area contributed by atoms with Crippen molar-refractivity contribution in [3.05, 3.63) is 57.5 Å². The summed E-state index contributed by atoms with van der Waals surface area (Å²) in [6.07, 6.45) is 7.45. The van der Waals surface area contributed by atoms with E-state index in [0.29, 0.717) is 29.9 Å². The molecule has 3 atom stereocenters. The standard InChI is InChI=1S/C25H28ClN3O3/c26-21-20(28-7-6-19(14-28)18-4-2-1-3-5-18)13-27-29(22(21)30)25-11-16-8-17(12-25)10-24(9-16,15-25)23(31)32/h1-5,13,16-17,19H,6-12,14-15H2,(H,31,32). The smallest absolute Gasteiger partial charge is 0.309 e. The number of halogens is 1. The summed E-state index contributed by atoms with van der Waals surface area (Å²) in [5.41, 5.74) is 0.506. The van der Waals surface area contributed by atoms with Crippen molar-refractivity contribution in [2.24, 2.45) is 17.3 Å². The van der Waals surface area contributed by atoms with Gasteiger partial charge in [-0.05, 0) is 62.3 Å². The van der Waals surface area contributed by atoms with Crippen LogP contribution < -0.4 is 10.5 Å². The summed E-state index contributed by atoms with van der Waals surface area (Å²) in [4.78, 5) is 27.9. The van der Waals surface area contributed by atoms with Gasteiger partial charge in [-0.2, -0.15) is 5.10 Å². The van der Waals surface area contributed by atoms with Crippen LogP contribution in [0.5, 0.6) is 0 Å². The monoisotopic (exact) mass is 453 g/mol. The first-order valence-electron chi connectivity index (χ1n) is 11.7. The summed E-state index contributed by atoms with van der Waals surface area (Å²) in [7, 11) is 0. The van der Waals surface area contributed by atoms with Crippen molar-refractivity contribution in [3.8, 4) is 0 Å². The van der Waals surface area contributed by atoms with E-state index in [1.54, 1.807) is 10.9 Å². The quantitative estimate of drug-likeness (QED) is 0.748. The Hall–Kier alpha value is -2.34. The minimum Gasteiger partial charge on any atom is -0.481 e. The lowest BCUT2D eigenvalue weighted by molar-refractivity contribution is -0.173.